The second-order valence-corrected chi connectivity index (χ2v) is 4.98. The molecule has 0 amide bonds. The Bertz CT molecular complexity index is 762. The van der Waals surface area contributed by atoms with Gasteiger partial charge in [-0.1, -0.05) is 29.3 Å². The maximum atomic E-state index is 10.6. The Balaban J connectivity index is 2.41. The van der Waals surface area contributed by atoms with Crippen LogP contribution in [0.15, 0.2) is 42.5 Å². The third-order valence-electron chi connectivity index (χ3n) is 2.77. The fraction of sp³-hybridized carbons (Fsp3) is 0. The fourth-order valence-electron chi connectivity index (χ4n) is 1.72. The van der Waals surface area contributed by atoms with Crippen LogP contribution >= 0.6 is 23.2 Å². The van der Waals surface area contributed by atoms with Crippen LogP contribution in [-0.4, -0.2) is 4.92 Å². The molecule has 4 nitrogen and oxygen atoms in total. The van der Waals surface area contributed by atoms with Crippen molar-refractivity contribution < 1.29 is 4.92 Å². The number of allylic oxidation sites excluding steroid dienone is 1. The molecule has 0 spiro atoms. The van der Waals surface area contributed by atoms with Crippen LogP contribution in [0, 0.1) is 21.4 Å². The predicted molar refractivity (Wildman–Crippen MR) is 83.0 cm³/mol. The maximum absolute atomic E-state index is 10.6. The summed E-state index contributed by atoms with van der Waals surface area (Å²) >= 11 is 11.9. The van der Waals surface area contributed by atoms with Gasteiger partial charge in [-0.15, -0.1) is 0 Å². The third kappa shape index (κ3) is 3.60. The third-order valence-corrected chi connectivity index (χ3v) is 3.33. The van der Waals surface area contributed by atoms with Crippen LogP contribution in [0.2, 0.25) is 10.0 Å². The molecular weight excluding hydrogens is 311 g/mol. The first-order chi connectivity index (χ1) is 10.0. The van der Waals surface area contributed by atoms with E-state index in [4.69, 9.17) is 23.2 Å². The lowest BCUT2D eigenvalue weighted by molar-refractivity contribution is -0.384. The van der Waals surface area contributed by atoms with Crippen molar-refractivity contribution in [2.75, 3.05) is 0 Å². The lowest BCUT2D eigenvalue weighted by Gasteiger charge is -2.02. The van der Waals surface area contributed by atoms with Crippen molar-refractivity contribution in [1.82, 2.24) is 0 Å². The van der Waals surface area contributed by atoms with E-state index >= 15 is 0 Å². The predicted octanol–water partition coefficient (Wildman–Crippen LogP) is 4.97. The zero-order chi connectivity index (χ0) is 15.4. The molecule has 0 aliphatic rings. The summed E-state index contributed by atoms with van der Waals surface area (Å²) in [5.41, 5.74) is 1.56. The van der Waals surface area contributed by atoms with Crippen LogP contribution in [0.1, 0.15) is 11.1 Å². The fourth-order valence-corrected chi connectivity index (χ4v) is 2.18. The highest BCUT2D eigenvalue weighted by Crippen LogP contribution is 2.26. The van der Waals surface area contributed by atoms with E-state index in [2.05, 4.69) is 6.07 Å². The van der Waals surface area contributed by atoms with Gasteiger partial charge in [-0.25, -0.2) is 0 Å². The van der Waals surface area contributed by atoms with Crippen LogP contribution in [0.25, 0.3) is 11.6 Å². The molecule has 0 saturated heterocycles. The Hall–Kier alpha value is -2.35. The minimum Gasteiger partial charge on any atom is -0.258 e. The van der Waals surface area contributed by atoms with Crippen molar-refractivity contribution in [2.45, 2.75) is 0 Å². The number of hydrogen-bond acceptors (Lipinski definition) is 3. The lowest BCUT2D eigenvalue weighted by Crippen LogP contribution is -1.88. The first kappa shape index (κ1) is 15.0. The van der Waals surface area contributed by atoms with E-state index < -0.39 is 4.92 Å². The molecule has 0 unspecified atom stereocenters. The molecule has 2 aromatic carbocycles. The van der Waals surface area contributed by atoms with E-state index in [0.717, 1.165) is 0 Å². The molecule has 0 aliphatic carbocycles. The van der Waals surface area contributed by atoms with Crippen LogP contribution in [0.5, 0.6) is 0 Å². The van der Waals surface area contributed by atoms with Crippen molar-refractivity contribution >= 4 is 40.5 Å². The highest BCUT2D eigenvalue weighted by Gasteiger charge is 2.08. The number of nitro groups is 1. The number of nitrogens with zero attached hydrogens (tertiary/aromatic N) is 2. The van der Waals surface area contributed by atoms with Crippen LogP contribution in [-0.2, 0) is 0 Å². The molecular formula is C15H8Cl2N2O2. The van der Waals surface area contributed by atoms with E-state index in [1.165, 1.54) is 24.3 Å². The largest absolute Gasteiger partial charge is 0.269 e. The second kappa shape index (κ2) is 6.40. The Morgan fingerprint density at radius 2 is 1.86 bits per heavy atom. The summed E-state index contributed by atoms with van der Waals surface area (Å²) in [6.45, 7) is 0. The summed E-state index contributed by atoms with van der Waals surface area (Å²) < 4.78 is 0. The van der Waals surface area contributed by atoms with Gasteiger partial charge in [0, 0.05) is 22.2 Å². The number of nitro benzene ring substituents is 1. The standard InChI is InChI=1S/C15H8Cl2N2O2/c16-13-4-1-11(15(17)8-13)7-12(9-18)10-2-5-14(6-3-10)19(20)21/h1-8H/b12-7-. The van der Waals surface area contributed by atoms with Gasteiger partial charge in [0.2, 0.25) is 0 Å². The Morgan fingerprint density at radius 3 is 2.38 bits per heavy atom. The molecule has 21 heavy (non-hydrogen) atoms. The van der Waals surface area contributed by atoms with E-state index in [0.29, 0.717) is 26.7 Å². The van der Waals surface area contributed by atoms with Gasteiger partial charge in [-0.05, 0) is 41.5 Å². The second-order valence-electron chi connectivity index (χ2n) is 4.14. The first-order valence-electron chi connectivity index (χ1n) is 5.83. The average molecular weight is 319 g/mol. The summed E-state index contributed by atoms with van der Waals surface area (Å²) in [6.07, 6.45) is 1.61. The van der Waals surface area contributed by atoms with Gasteiger partial charge in [-0.2, -0.15) is 5.26 Å². The lowest BCUT2D eigenvalue weighted by atomic mass is 10.0. The van der Waals surface area contributed by atoms with Gasteiger partial charge in [0.25, 0.3) is 5.69 Å². The summed E-state index contributed by atoms with van der Waals surface area (Å²) in [7, 11) is 0. The molecule has 0 bridgehead atoms. The average Bonchev–Trinajstić information content (AvgIpc) is 2.47. The summed E-state index contributed by atoms with van der Waals surface area (Å²) in [4.78, 5) is 10.1. The number of hydrogen-bond donors (Lipinski definition) is 0. The topological polar surface area (TPSA) is 66.9 Å². The van der Waals surface area contributed by atoms with Gasteiger partial charge in [0.1, 0.15) is 0 Å². The zero-order valence-corrected chi connectivity index (χ0v) is 12.1. The highest BCUT2D eigenvalue weighted by atomic mass is 35.5. The van der Waals surface area contributed by atoms with Crippen molar-refractivity contribution in [3.63, 3.8) is 0 Å². The van der Waals surface area contributed by atoms with Crippen molar-refractivity contribution in [3.8, 4) is 6.07 Å². The number of non-ortho nitro benzene ring substituents is 1. The molecule has 6 heteroatoms. The summed E-state index contributed by atoms with van der Waals surface area (Å²) in [5, 5.41) is 20.8. The van der Waals surface area contributed by atoms with Crippen molar-refractivity contribution in [3.05, 3.63) is 73.8 Å². The van der Waals surface area contributed by atoms with E-state index in [-0.39, 0.29) is 5.69 Å². The number of benzene rings is 2. The van der Waals surface area contributed by atoms with E-state index in [1.807, 2.05) is 0 Å². The molecule has 0 saturated carbocycles. The van der Waals surface area contributed by atoms with E-state index in [1.54, 1.807) is 24.3 Å². The normalized spacial score (nSPS) is 11.0. The number of rotatable bonds is 3. The number of halogens is 2. The Kier molecular flexibility index (Phi) is 4.59. The maximum Gasteiger partial charge on any atom is 0.269 e. The smallest absolute Gasteiger partial charge is 0.258 e. The molecule has 0 aromatic heterocycles. The molecule has 0 radical (unpaired) electrons. The summed E-state index contributed by atoms with van der Waals surface area (Å²) in [5.74, 6) is 0. The van der Waals surface area contributed by atoms with Crippen molar-refractivity contribution in [2.24, 2.45) is 0 Å². The SMILES string of the molecule is N#C/C(=C/c1ccc(Cl)cc1Cl)c1ccc([N+](=O)[O-])cc1. The molecule has 0 aliphatic heterocycles. The molecule has 0 fully saturated rings. The van der Waals surface area contributed by atoms with Gasteiger partial charge in [0.05, 0.1) is 16.6 Å². The van der Waals surface area contributed by atoms with E-state index in [9.17, 15) is 15.4 Å². The van der Waals surface area contributed by atoms with Gasteiger partial charge in [-0.3, -0.25) is 10.1 Å². The van der Waals surface area contributed by atoms with Crippen LogP contribution in [0.3, 0.4) is 0 Å². The molecule has 0 N–H and O–H groups in total. The quantitative estimate of drug-likeness (QED) is 0.347. The van der Waals surface area contributed by atoms with Crippen molar-refractivity contribution in [1.29, 1.82) is 5.26 Å². The summed E-state index contributed by atoms with van der Waals surface area (Å²) in [6, 6.07) is 12.8. The molecule has 0 heterocycles. The number of nitriles is 1. The Morgan fingerprint density at radius 1 is 1.19 bits per heavy atom. The Labute approximate surface area is 131 Å². The van der Waals surface area contributed by atoms with Gasteiger partial charge < -0.3 is 0 Å². The molecule has 2 rings (SSSR count). The van der Waals surface area contributed by atoms with Gasteiger partial charge >= 0.3 is 0 Å². The zero-order valence-electron chi connectivity index (χ0n) is 10.6. The van der Waals surface area contributed by atoms with Gasteiger partial charge in [0.15, 0.2) is 0 Å². The molecule has 104 valence electrons. The minimum absolute atomic E-state index is 0.0273. The highest BCUT2D eigenvalue weighted by molar-refractivity contribution is 6.35. The molecule has 2 aromatic rings. The van der Waals surface area contributed by atoms with Crippen LogP contribution in [0.4, 0.5) is 5.69 Å². The first-order valence-corrected chi connectivity index (χ1v) is 6.58. The van der Waals surface area contributed by atoms with Crippen LogP contribution < -0.4 is 0 Å². The monoisotopic (exact) mass is 318 g/mol. The minimum atomic E-state index is -0.490. The molecule has 0 atom stereocenters.